The number of aliphatic carboxylic acids is 1. The third kappa shape index (κ3) is 2.24. The predicted octanol–water partition coefficient (Wildman–Crippen LogP) is -0.370. The maximum Gasteiger partial charge on any atom is 0.307 e. The summed E-state index contributed by atoms with van der Waals surface area (Å²) in [5.74, 6) is -3.07. The van der Waals surface area contributed by atoms with Gasteiger partial charge in [0.25, 0.3) is 0 Å². The Morgan fingerprint density at radius 1 is 1.29 bits per heavy atom. The molecular formula is C11H14N2O4. The van der Waals surface area contributed by atoms with Gasteiger partial charge in [0.05, 0.1) is 24.0 Å². The summed E-state index contributed by atoms with van der Waals surface area (Å²) in [6.45, 7) is 0. The summed E-state index contributed by atoms with van der Waals surface area (Å²) < 4.78 is 0. The van der Waals surface area contributed by atoms with Gasteiger partial charge in [-0.15, -0.1) is 0 Å². The summed E-state index contributed by atoms with van der Waals surface area (Å²) in [6.07, 6.45) is 0.742. The standard InChI is InChI=1S/C11H14N2O4/c12-5-11(1-2-11)13-9(15)7-3-6(14)4-8(7)10(16)17/h6-8,14H,1-4H2,(H,13,15)(H,16,17)/t6-,7+,8+/m0/s1. The van der Waals surface area contributed by atoms with Gasteiger partial charge in [-0.05, 0) is 25.7 Å². The molecule has 0 saturated heterocycles. The molecule has 2 rings (SSSR count). The van der Waals surface area contributed by atoms with E-state index in [-0.39, 0.29) is 12.8 Å². The lowest BCUT2D eigenvalue weighted by Crippen LogP contribution is -2.42. The molecular weight excluding hydrogens is 224 g/mol. The molecule has 0 radical (unpaired) electrons. The third-order valence-electron chi connectivity index (χ3n) is 3.52. The number of nitriles is 1. The quantitative estimate of drug-likeness (QED) is 0.621. The van der Waals surface area contributed by atoms with E-state index >= 15 is 0 Å². The van der Waals surface area contributed by atoms with Crippen molar-refractivity contribution < 1.29 is 19.8 Å². The van der Waals surface area contributed by atoms with Crippen LogP contribution in [0, 0.1) is 23.2 Å². The fourth-order valence-corrected chi connectivity index (χ4v) is 2.29. The third-order valence-corrected chi connectivity index (χ3v) is 3.52. The first-order valence-corrected chi connectivity index (χ1v) is 5.61. The van der Waals surface area contributed by atoms with E-state index in [4.69, 9.17) is 10.4 Å². The van der Waals surface area contributed by atoms with Gasteiger partial charge in [-0.3, -0.25) is 9.59 Å². The number of rotatable bonds is 3. The molecule has 0 unspecified atom stereocenters. The first-order valence-electron chi connectivity index (χ1n) is 5.61. The number of nitrogens with one attached hydrogen (secondary N) is 1. The SMILES string of the molecule is N#CC1(NC(=O)[C@@H]2C[C@H](O)C[C@H]2C(=O)O)CC1. The molecule has 2 fully saturated rings. The lowest BCUT2D eigenvalue weighted by molar-refractivity contribution is -0.146. The highest BCUT2D eigenvalue weighted by Crippen LogP contribution is 2.37. The second-order valence-corrected chi connectivity index (χ2v) is 4.86. The van der Waals surface area contributed by atoms with Gasteiger partial charge in [0.1, 0.15) is 5.54 Å². The molecule has 0 aliphatic heterocycles. The van der Waals surface area contributed by atoms with E-state index in [2.05, 4.69) is 5.32 Å². The van der Waals surface area contributed by atoms with Crippen LogP contribution in [0.3, 0.4) is 0 Å². The number of aliphatic hydroxyl groups is 1. The van der Waals surface area contributed by atoms with Crippen LogP contribution in [0.4, 0.5) is 0 Å². The molecule has 1 amide bonds. The number of amides is 1. The van der Waals surface area contributed by atoms with Crippen molar-refractivity contribution in [2.75, 3.05) is 0 Å². The maximum atomic E-state index is 11.9. The minimum absolute atomic E-state index is 0.104. The van der Waals surface area contributed by atoms with Crippen LogP contribution in [0.15, 0.2) is 0 Å². The molecule has 17 heavy (non-hydrogen) atoms. The number of hydrogen-bond acceptors (Lipinski definition) is 4. The summed E-state index contributed by atoms with van der Waals surface area (Å²) in [6, 6.07) is 2.02. The maximum absolute atomic E-state index is 11.9. The van der Waals surface area contributed by atoms with E-state index < -0.39 is 35.4 Å². The number of carboxylic acid groups (broad SMARTS) is 1. The van der Waals surface area contributed by atoms with E-state index in [0.717, 1.165) is 0 Å². The van der Waals surface area contributed by atoms with Crippen molar-refractivity contribution in [1.82, 2.24) is 5.32 Å². The van der Waals surface area contributed by atoms with E-state index in [0.29, 0.717) is 12.8 Å². The first-order chi connectivity index (χ1) is 7.97. The van der Waals surface area contributed by atoms with E-state index in [1.165, 1.54) is 0 Å². The molecule has 92 valence electrons. The fourth-order valence-electron chi connectivity index (χ4n) is 2.29. The molecule has 0 aromatic rings. The molecule has 0 aromatic carbocycles. The van der Waals surface area contributed by atoms with Crippen molar-refractivity contribution in [2.45, 2.75) is 37.3 Å². The summed E-state index contributed by atoms with van der Waals surface area (Å²) in [7, 11) is 0. The molecule has 0 bridgehead atoms. The molecule has 2 aliphatic rings. The second-order valence-electron chi connectivity index (χ2n) is 4.86. The summed E-state index contributed by atoms with van der Waals surface area (Å²) in [5, 5.41) is 29.8. The summed E-state index contributed by atoms with van der Waals surface area (Å²) >= 11 is 0. The lowest BCUT2D eigenvalue weighted by Gasteiger charge is -2.17. The minimum atomic E-state index is -1.07. The van der Waals surface area contributed by atoms with Crippen molar-refractivity contribution in [1.29, 1.82) is 5.26 Å². The van der Waals surface area contributed by atoms with Gasteiger partial charge in [-0.2, -0.15) is 5.26 Å². The van der Waals surface area contributed by atoms with Crippen LogP contribution < -0.4 is 5.32 Å². The predicted molar refractivity (Wildman–Crippen MR) is 55.6 cm³/mol. The Labute approximate surface area is 98.2 Å². The minimum Gasteiger partial charge on any atom is -0.481 e. The van der Waals surface area contributed by atoms with Crippen molar-refractivity contribution in [3.05, 3.63) is 0 Å². The molecule has 6 heteroatoms. The Bertz CT molecular complexity index is 397. The normalized spacial score (nSPS) is 33.8. The molecule has 0 heterocycles. The lowest BCUT2D eigenvalue weighted by atomic mass is 9.95. The van der Waals surface area contributed by atoms with E-state index in [1.54, 1.807) is 0 Å². The molecule has 2 saturated carbocycles. The molecule has 3 atom stereocenters. The average Bonchev–Trinajstić information content (AvgIpc) is 2.92. The topological polar surface area (TPSA) is 110 Å². The molecule has 3 N–H and O–H groups in total. The smallest absolute Gasteiger partial charge is 0.307 e. The number of hydrogen-bond donors (Lipinski definition) is 3. The largest absolute Gasteiger partial charge is 0.481 e. The van der Waals surface area contributed by atoms with Crippen molar-refractivity contribution in [3.8, 4) is 6.07 Å². The number of aliphatic hydroxyl groups excluding tert-OH is 1. The first kappa shape index (κ1) is 11.9. The van der Waals surface area contributed by atoms with Gasteiger partial charge in [-0.25, -0.2) is 0 Å². The molecule has 0 aromatic heterocycles. The van der Waals surface area contributed by atoms with E-state index in [1.807, 2.05) is 6.07 Å². The Hall–Kier alpha value is -1.61. The van der Waals surface area contributed by atoms with Gasteiger partial charge in [0.15, 0.2) is 0 Å². The van der Waals surface area contributed by atoms with Crippen molar-refractivity contribution >= 4 is 11.9 Å². The van der Waals surface area contributed by atoms with Crippen molar-refractivity contribution in [3.63, 3.8) is 0 Å². The zero-order valence-electron chi connectivity index (χ0n) is 9.22. The monoisotopic (exact) mass is 238 g/mol. The molecule has 6 nitrogen and oxygen atoms in total. The average molecular weight is 238 g/mol. The Morgan fingerprint density at radius 2 is 1.88 bits per heavy atom. The molecule has 0 spiro atoms. The van der Waals surface area contributed by atoms with Gasteiger partial charge in [-0.1, -0.05) is 0 Å². The Morgan fingerprint density at radius 3 is 2.35 bits per heavy atom. The summed E-state index contributed by atoms with van der Waals surface area (Å²) in [4.78, 5) is 22.8. The highest BCUT2D eigenvalue weighted by molar-refractivity contribution is 5.86. The second kappa shape index (κ2) is 4.00. The van der Waals surface area contributed by atoms with Gasteiger partial charge in [0, 0.05) is 0 Å². The molecule has 2 aliphatic carbocycles. The highest BCUT2D eigenvalue weighted by Gasteiger charge is 2.49. The fraction of sp³-hybridized carbons (Fsp3) is 0.727. The van der Waals surface area contributed by atoms with Gasteiger partial charge >= 0.3 is 5.97 Å². The Kier molecular flexibility index (Phi) is 2.79. The van der Waals surface area contributed by atoms with Gasteiger partial charge < -0.3 is 15.5 Å². The zero-order valence-corrected chi connectivity index (χ0v) is 9.22. The summed E-state index contributed by atoms with van der Waals surface area (Å²) in [5.41, 5.74) is -0.784. The van der Waals surface area contributed by atoms with Crippen LogP contribution in [0.25, 0.3) is 0 Å². The van der Waals surface area contributed by atoms with Crippen molar-refractivity contribution in [2.24, 2.45) is 11.8 Å². The van der Waals surface area contributed by atoms with Crippen LogP contribution in [-0.4, -0.2) is 33.7 Å². The number of carbonyl (C=O) groups is 2. The van der Waals surface area contributed by atoms with Crippen LogP contribution in [0.5, 0.6) is 0 Å². The zero-order chi connectivity index (χ0) is 12.6. The number of carboxylic acids is 1. The van der Waals surface area contributed by atoms with Crippen LogP contribution in [0.2, 0.25) is 0 Å². The number of nitrogens with zero attached hydrogens (tertiary/aromatic N) is 1. The van der Waals surface area contributed by atoms with Crippen LogP contribution in [-0.2, 0) is 9.59 Å². The Balaban J connectivity index is 2.03. The van der Waals surface area contributed by atoms with Gasteiger partial charge in [0.2, 0.25) is 5.91 Å². The number of carbonyl (C=O) groups excluding carboxylic acids is 1. The highest BCUT2D eigenvalue weighted by atomic mass is 16.4. The van der Waals surface area contributed by atoms with Crippen LogP contribution >= 0.6 is 0 Å². The van der Waals surface area contributed by atoms with E-state index in [9.17, 15) is 14.7 Å². The van der Waals surface area contributed by atoms with Crippen LogP contribution in [0.1, 0.15) is 25.7 Å².